The largest absolute Gasteiger partial charge is 0.464 e. The van der Waals surface area contributed by atoms with Gasteiger partial charge in [0, 0.05) is 12.7 Å². The number of hydrogen-bond donors (Lipinski definition) is 1. The van der Waals surface area contributed by atoms with E-state index >= 15 is 0 Å². The van der Waals surface area contributed by atoms with Gasteiger partial charge in [-0.3, -0.25) is 4.79 Å². The fourth-order valence-electron chi connectivity index (χ4n) is 1.02. The second-order valence-corrected chi connectivity index (χ2v) is 2.78. The number of nitrogens with one attached hydrogen (secondary N) is 1. The molecule has 1 N–H and O–H groups in total. The lowest BCUT2D eigenvalue weighted by Gasteiger charge is -2.02. The first-order chi connectivity index (χ1) is 7.19. The quantitative estimate of drug-likeness (QED) is 0.739. The van der Waals surface area contributed by atoms with Crippen LogP contribution in [0.2, 0.25) is 0 Å². The normalized spacial score (nSPS) is 9.47. The fourth-order valence-corrected chi connectivity index (χ4v) is 1.02. The molecule has 0 radical (unpaired) electrons. The Morgan fingerprint density at radius 3 is 2.67 bits per heavy atom. The van der Waals surface area contributed by atoms with Crippen LogP contribution in [0.4, 0.5) is 0 Å². The van der Waals surface area contributed by atoms with Crippen LogP contribution >= 0.6 is 0 Å². The van der Waals surface area contributed by atoms with Crippen LogP contribution in [0.25, 0.3) is 0 Å². The zero-order chi connectivity index (χ0) is 11.3. The number of rotatable bonds is 3. The fraction of sp³-hybridized carbons (Fsp3) is 0.300. The molecule has 0 bridgehead atoms. The van der Waals surface area contributed by atoms with E-state index in [9.17, 15) is 9.59 Å². The molecule has 0 unspecified atom stereocenters. The van der Waals surface area contributed by atoms with Crippen LogP contribution < -0.4 is 5.32 Å². The highest BCUT2D eigenvalue weighted by Gasteiger charge is 2.09. The summed E-state index contributed by atoms with van der Waals surface area (Å²) in [6.07, 6.45) is 1.34. The molecule has 80 valence electrons. The Kier molecular flexibility index (Phi) is 3.79. The van der Waals surface area contributed by atoms with E-state index in [1.54, 1.807) is 0 Å². The highest BCUT2D eigenvalue weighted by molar-refractivity contribution is 5.94. The summed E-state index contributed by atoms with van der Waals surface area (Å²) in [4.78, 5) is 26.2. The number of esters is 1. The number of aromatic nitrogens is 1. The molecule has 0 saturated heterocycles. The van der Waals surface area contributed by atoms with E-state index in [0.29, 0.717) is 12.1 Å². The molecule has 5 nitrogen and oxygen atoms in total. The first-order valence-electron chi connectivity index (χ1n) is 4.51. The molecule has 0 aliphatic rings. The number of nitrogens with zero attached hydrogens (tertiary/aromatic N) is 1. The highest BCUT2D eigenvalue weighted by atomic mass is 16.5. The standard InChI is InChI=1S/C10H12N2O3/c1-3-11-9(13)7-4-5-8(12-6-7)10(14)15-2/h4-6H,3H2,1-2H3,(H,11,13). The maximum Gasteiger partial charge on any atom is 0.356 e. The highest BCUT2D eigenvalue weighted by Crippen LogP contribution is 2.01. The van der Waals surface area contributed by atoms with Crippen molar-refractivity contribution >= 4 is 11.9 Å². The van der Waals surface area contributed by atoms with Crippen molar-refractivity contribution in [3.05, 3.63) is 29.6 Å². The number of carbonyl (C=O) groups is 2. The van der Waals surface area contributed by atoms with Gasteiger partial charge in [-0.05, 0) is 19.1 Å². The first kappa shape index (κ1) is 11.2. The minimum Gasteiger partial charge on any atom is -0.464 e. The maximum absolute atomic E-state index is 11.3. The van der Waals surface area contributed by atoms with Crippen LogP contribution in [-0.2, 0) is 4.74 Å². The molecular formula is C10H12N2O3. The van der Waals surface area contributed by atoms with Gasteiger partial charge in [-0.25, -0.2) is 9.78 Å². The van der Waals surface area contributed by atoms with Crippen LogP contribution in [0.1, 0.15) is 27.8 Å². The Morgan fingerprint density at radius 2 is 2.20 bits per heavy atom. The molecule has 0 fully saturated rings. The average Bonchev–Trinajstić information content (AvgIpc) is 2.28. The van der Waals surface area contributed by atoms with Gasteiger partial charge in [0.05, 0.1) is 12.7 Å². The second-order valence-electron chi connectivity index (χ2n) is 2.78. The van der Waals surface area contributed by atoms with Crippen LogP contribution in [0.15, 0.2) is 18.3 Å². The summed E-state index contributed by atoms with van der Waals surface area (Å²) < 4.78 is 4.48. The molecular weight excluding hydrogens is 196 g/mol. The Labute approximate surface area is 87.5 Å². The number of pyridine rings is 1. The Hall–Kier alpha value is -1.91. The van der Waals surface area contributed by atoms with Gasteiger partial charge < -0.3 is 10.1 Å². The number of ether oxygens (including phenoxy) is 1. The summed E-state index contributed by atoms with van der Waals surface area (Å²) in [5.74, 6) is -0.723. The summed E-state index contributed by atoms with van der Waals surface area (Å²) in [6.45, 7) is 2.38. The molecule has 0 aliphatic carbocycles. The number of carbonyl (C=O) groups excluding carboxylic acids is 2. The second kappa shape index (κ2) is 5.09. The van der Waals surface area contributed by atoms with Crippen molar-refractivity contribution in [2.45, 2.75) is 6.92 Å². The van der Waals surface area contributed by atoms with Crippen LogP contribution in [-0.4, -0.2) is 30.5 Å². The maximum atomic E-state index is 11.3. The monoisotopic (exact) mass is 208 g/mol. The van der Waals surface area contributed by atoms with Crippen LogP contribution in [0.3, 0.4) is 0 Å². The Morgan fingerprint density at radius 1 is 1.47 bits per heavy atom. The van der Waals surface area contributed by atoms with Gasteiger partial charge in [0.2, 0.25) is 0 Å². The third-order valence-corrected chi connectivity index (χ3v) is 1.76. The van der Waals surface area contributed by atoms with E-state index in [0.717, 1.165) is 0 Å². The number of amides is 1. The summed E-state index contributed by atoms with van der Waals surface area (Å²) in [7, 11) is 1.28. The summed E-state index contributed by atoms with van der Waals surface area (Å²) in [6, 6.07) is 2.99. The Bertz CT molecular complexity index is 359. The van der Waals surface area contributed by atoms with Gasteiger partial charge >= 0.3 is 5.97 Å². The van der Waals surface area contributed by atoms with Crippen molar-refractivity contribution in [3.8, 4) is 0 Å². The van der Waals surface area contributed by atoms with Gasteiger partial charge in [-0.15, -0.1) is 0 Å². The zero-order valence-corrected chi connectivity index (χ0v) is 8.61. The molecule has 15 heavy (non-hydrogen) atoms. The van der Waals surface area contributed by atoms with Crippen molar-refractivity contribution < 1.29 is 14.3 Å². The van der Waals surface area contributed by atoms with Crippen molar-refractivity contribution in [2.24, 2.45) is 0 Å². The lowest BCUT2D eigenvalue weighted by Crippen LogP contribution is -2.22. The van der Waals surface area contributed by atoms with Crippen molar-refractivity contribution in [3.63, 3.8) is 0 Å². The predicted octanol–water partition coefficient (Wildman–Crippen LogP) is 0.618. The van der Waals surface area contributed by atoms with Gasteiger partial charge in [-0.1, -0.05) is 0 Å². The predicted molar refractivity (Wildman–Crippen MR) is 53.6 cm³/mol. The van der Waals surface area contributed by atoms with Gasteiger partial charge in [-0.2, -0.15) is 0 Å². The van der Waals surface area contributed by atoms with E-state index in [4.69, 9.17) is 0 Å². The SMILES string of the molecule is CCNC(=O)c1ccc(C(=O)OC)nc1. The molecule has 1 aromatic rings. The van der Waals surface area contributed by atoms with Crippen molar-refractivity contribution in [1.82, 2.24) is 10.3 Å². The van der Waals surface area contributed by atoms with Crippen LogP contribution in [0, 0.1) is 0 Å². The number of methoxy groups -OCH3 is 1. The minimum absolute atomic E-state index is 0.186. The van der Waals surface area contributed by atoms with E-state index in [2.05, 4.69) is 15.0 Å². The minimum atomic E-state index is -0.516. The molecule has 0 saturated carbocycles. The van der Waals surface area contributed by atoms with E-state index in [-0.39, 0.29) is 11.6 Å². The van der Waals surface area contributed by atoms with Crippen LogP contribution in [0.5, 0.6) is 0 Å². The third kappa shape index (κ3) is 2.77. The molecule has 1 amide bonds. The molecule has 0 atom stereocenters. The van der Waals surface area contributed by atoms with Gasteiger partial charge in [0.15, 0.2) is 0 Å². The van der Waals surface area contributed by atoms with E-state index < -0.39 is 5.97 Å². The smallest absolute Gasteiger partial charge is 0.356 e. The average molecular weight is 208 g/mol. The van der Waals surface area contributed by atoms with Gasteiger partial charge in [0.1, 0.15) is 5.69 Å². The summed E-state index contributed by atoms with van der Waals surface area (Å²) >= 11 is 0. The number of hydrogen-bond acceptors (Lipinski definition) is 4. The lowest BCUT2D eigenvalue weighted by atomic mass is 10.2. The molecule has 0 aromatic carbocycles. The summed E-state index contributed by atoms with van der Waals surface area (Å²) in [5, 5.41) is 2.63. The Balaban J connectivity index is 2.80. The molecule has 1 heterocycles. The van der Waals surface area contributed by atoms with E-state index in [1.165, 1.54) is 25.4 Å². The lowest BCUT2D eigenvalue weighted by molar-refractivity contribution is 0.0593. The molecule has 0 spiro atoms. The summed E-state index contributed by atoms with van der Waals surface area (Å²) in [5.41, 5.74) is 0.607. The van der Waals surface area contributed by atoms with Crippen molar-refractivity contribution in [2.75, 3.05) is 13.7 Å². The van der Waals surface area contributed by atoms with Crippen molar-refractivity contribution in [1.29, 1.82) is 0 Å². The molecule has 1 rings (SSSR count). The zero-order valence-electron chi connectivity index (χ0n) is 8.61. The van der Waals surface area contributed by atoms with Gasteiger partial charge in [0.25, 0.3) is 5.91 Å². The first-order valence-corrected chi connectivity index (χ1v) is 4.51. The third-order valence-electron chi connectivity index (χ3n) is 1.76. The topological polar surface area (TPSA) is 68.3 Å². The molecule has 5 heteroatoms. The molecule has 0 aliphatic heterocycles. The molecule has 1 aromatic heterocycles. The van der Waals surface area contributed by atoms with E-state index in [1.807, 2.05) is 6.92 Å².